The van der Waals surface area contributed by atoms with Crippen LogP contribution in [0, 0.1) is 52.8 Å². The van der Waals surface area contributed by atoms with Gasteiger partial charge in [-0.1, -0.05) is 37.0 Å². The van der Waals surface area contributed by atoms with Crippen LogP contribution >= 0.6 is 0 Å². The fraction of sp³-hybridized carbons (Fsp3) is 0.154. The van der Waals surface area contributed by atoms with Crippen LogP contribution < -0.4 is 4.74 Å². The minimum Gasteiger partial charge on any atom is -0.432 e. The molecule has 0 aliphatic rings. The number of hydrogen-bond donors (Lipinski definition) is 0. The van der Waals surface area contributed by atoms with Crippen LogP contribution in [0.25, 0.3) is 0 Å². The lowest BCUT2D eigenvalue weighted by Crippen LogP contribution is -2.03. The van der Waals surface area contributed by atoms with Crippen molar-refractivity contribution in [1.29, 1.82) is 0 Å². The van der Waals surface area contributed by atoms with Crippen molar-refractivity contribution < 1.29 is 35.5 Å². The normalized spacial score (nSPS) is 10.4. The molecule has 0 atom stereocenters. The summed E-state index contributed by atoms with van der Waals surface area (Å²) < 4.78 is 99.2. The average molecular weight is 476 g/mol. The van der Waals surface area contributed by atoms with Crippen molar-refractivity contribution in [2.45, 2.75) is 26.4 Å². The van der Waals surface area contributed by atoms with E-state index in [1.54, 1.807) is 0 Å². The van der Waals surface area contributed by atoms with Gasteiger partial charge in [-0.15, -0.1) is 0 Å². The Morgan fingerprint density at radius 2 is 1.18 bits per heavy atom. The van der Waals surface area contributed by atoms with Crippen molar-refractivity contribution in [2.75, 3.05) is 0 Å². The maximum Gasteiger partial charge on any atom is 0.387 e. The Kier molecular flexibility index (Phi) is 7.86. The third-order valence-electron chi connectivity index (χ3n) is 4.49. The summed E-state index contributed by atoms with van der Waals surface area (Å²) in [4.78, 5) is 0. The molecule has 0 N–H and O–H groups in total. The van der Waals surface area contributed by atoms with Crippen LogP contribution in [0.3, 0.4) is 0 Å². The van der Waals surface area contributed by atoms with Crippen LogP contribution in [-0.2, 0) is 6.42 Å². The molecule has 0 unspecified atom stereocenters. The van der Waals surface area contributed by atoms with E-state index in [-0.39, 0.29) is 11.1 Å². The summed E-state index contributed by atoms with van der Waals surface area (Å²) in [5, 5.41) is 0. The van der Waals surface area contributed by atoms with E-state index in [1.807, 2.05) is 6.92 Å². The molecule has 0 aliphatic heterocycles. The van der Waals surface area contributed by atoms with Crippen LogP contribution in [0.2, 0.25) is 0 Å². The van der Waals surface area contributed by atoms with Gasteiger partial charge in [0.1, 0.15) is 23.3 Å². The molecule has 0 radical (unpaired) electrons. The molecule has 0 bridgehead atoms. The summed E-state index contributed by atoms with van der Waals surface area (Å²) in [6.45, 7) is -1.36. The van der Waals surface area contributed by atoms with Crippen molar-refractivity contribution in [1.82, 2.24) is 0 Å². The molecule has 8 heteroatoms. The quantitative estimate of drug-likeness (QED) is 0.300. The van der Waals surface area contributed by atoms with Gasteiger partial charge in [0, 0.05) is 11.1 Å². The maximum atomic E-state index is 14.4. The summed E-state index contributed by atoms with van der Waals surface area (Å²) in [7, 11) is 0. The maximum absolute atomic E-state index is 14.4. The van der Waals surface area contributed by atoms with E-state index < -0.39 is 52.6 Å². The number of benzene rings is 3. The van der Waals surface area contributed by atoms with Crippen LogP contribution in [0.15, 0.2) is 42.5 Å². The van der Waals surface area contributed by atoms with E-state index in [1.165, 1.54) is 0 Å². The third-order valence-corrected chi connectivity index (χ3v) is 4.49. The minimum atomic E-state index is -3.22. The standard InChI is InChI=1S/C26H15F7O/c1-2-3-16-11-20(27)19(21(28)12-16)8-5-17-13-22(29)18(23(30)14-17)7-4-15-6-9-25(24(31)10-15)34-26(32)33/h6,9-14,26H,2-3H2,1H3. The molecule has 174 valence electrons. The van der Waals surface area contributed by atoms with Crippen LogP contribution in [-0.4, -0.2) is 6.61 Å². The van der Waals surface area contributed by atoms with Gasteiger partial charge in [-0.2, -0.15) is 8.78 Å². The summed E-state index contributed by atoms with van der Waals surface area (Å²) in [6.07, 6.45) is 1.19. The summed E-state index contributed by atoms with van der Waals surface area (Å²) in [5.74, 6) is 3.31. The van der Waals surface area contributed by atoms with E-state index >= 15 is 0 Å². The first-order valence-corrected chi connectivity index (χ1v) is 9.93. The highest BCUT2D eigenvalue weighted by atomic mass is 19.3. The molecule has 0 amide bonds. The summed E-state index contributed by atoms with van der Waals surface area (Å²) in [6, 6.07) is 6.80. The molecule has 34 heavy (non-hydrogen) atoms. The Bertz CT molecular complexity index is 1290. The van der Waals surface area contributed by atoms with Gasteiger partial charge < -0.3 is 4.74 Å². The first kappa shape index (κ1) is 24.7. The second-order valence-electron chi connectivity index (χ2n) is 7.02. The molecule has 0 aromatic heterocycles. The predicted octanol–water partition coefficient (Wildman–Crippen LogP) is 6.74. The minimum absolute atomic E-state index is 0.0424. The Morgan fingerprint density at radius 1 is 0.676 bits per heavy atom. The third kappa shape index (κ3) is 6.11. The molecule has 0 saturated carbocycles. The van der Waals surface area contributed by atoms with Crippen molar-refractivity contribution in [3.8, 4) is 29.4 Å². The number of halogens is 7. The van der Waals surface area contributed by atoms with Crippen LogP contribution in [0.5, 0.6) is 5.75 Å². The highest BCUT2D eigenvalue weighted by Crippen LogP contribution is 2.21. The zero-order chi connectivity index (χ0) is 24.8. The van der Waals surface area contributed by atoms with Crippen molar-refractivity contribution >= 4 is 0 Å². The zero-order valence-corrected chi connectivity index (χ0v) is 17.6. The number of rotatable bonds is 4. The van der Waals surface area contributed by atoms with E-state index in [0.29, 0.717) is 18.4 Å². The van der Waals surface area contributed by atoms with Crippen LogP contribution in [0.4, 0.5) is 30.7 Å². The lowest BCUT2D eigenvalue weighted by Gasteiger charge is -2.05. The first-order chi connectivity index (χ1) is 16.2. The predicted molar refractivity (Wildman–Crippen MR) is 112 cm³/mol. The number of alkyl halides is 2. The van der Waals surface area contributed by atoms with Crippen molar-refractivity contribution in [3.63, 3.8) is 0 Å². The Labute approximate surface area is 191 Å². The van der Waals surface area contributed by atoms with E-state index in [2.05, 4.69) is 28.4 Å². The molecular formula is C26H15F7O. The fourth-order valence-corrected chi connectivity index (χ4v) is 2.98. The Morgan fingerprint density at radius 3 is 1.68 bits per heavy atom. The Balaban J connectivity index is 1.86. The smallest absolute Gasteiger partial charge is 0.387 e. The van der Waals surface area contributed by atoms with Crippen molar-refractivity contribution in [3.05, 3.63) is 99.4 Å². The fourth-order valence-electron chi connectivity index (χ4n) is 2.98. The topological polar surface area (TPSA) is 9.23 Å². The molecule has 3 rings (SSSR count). The largest absolute Gasteiger partial charge is 0.432 e. The van der Waals surface area contributed by atoms with Crippen LogP contribution in [0.1, 0.15) is 41.2 Å². The van der Waals surface area contributed by atoms with Gasteiger partial charge in [0.2, 0.25) is 0 Å². The van der Waals surface area contributed by atoms with Gasteiger partial charge >= 0.3 is 6.61 Å². The van der Waals surface area contributed by atoms with Gasteiger partial charge in [0.05, 0.1) is 11.1 Å². The molecule has 0 saturated heterocycles. The average Bonchev–Trinajstić information content (AvgIpc) is 2.74. The highest BCUT2D eigenvalue weighted by molar-refractivity contribution is 5.50. The number of aryl methyl sites for hydroxylation is 1. The van der Waals surface area contributed by atoms with E-state index in [0.717, 1.165) is 42.5 Å². The molecule has 0 aliphatic carbocycles. The Hall–Kier alpha value is -3.91. The van der Waals surface area contributed by atoms with E-state index in [4.69, 9.17) is 0 Å². The highest BCUT2D eigenvalue weighted by Gasteiger charge is 2.12. The second kappa shape index (κ2) is 10.8. The van der Waals surface area contributed by atoms with Gasteiger partial charge in [0.15, 0.2) is 11.6 Å². The molecule has 3 aromatic carbocycles. The van der Waals surface area contributed by atoms with Gasteiger partial charge in [-0.25, -0.2) is 22.0 Å². The molecule has 0 heterocycles. The van der Waals surface area contributed by atoms with E-state index in [9.17, 15) is 30.7 Å². The zero-order valence-electron chi connectivity index (χ0n) is 17.6. The lowest BCUT2D eigenvalue weighted by atomic mass is 10.1. The SMILES string of the molecule is CCCc1cc(F)c(C#Cc2cc(F)c(C#Cc3ccc(OC(F)F)c(F)c3)c(F)c2)c(F)c1. The first-order valence-electron chi connectivity index (χ1n) is 9.93. The molecule has 1 nitrogen and oxygen atoms in total. The lowest BCUT2D eigenvalue weighted by molar-refractivity contribution is -0.0521. The summed E-state index contributed by atoms with van der Waals surface area (Å²) >= 11 is 0. The number of hydrogen-bond acceptors (Lipinski definition) is 1. The molecule has 3 aromatic rings. The van der Waals surface area contributed by atoms with Gasteiger partial charge in [-0.05, 0) is 54.4 Å². The molecular weight excluding hydrogens is 461 g/mol. The van der Waals surface area contributed by atoms with Gasteiger partial charge in [0.25, 0.3) is 0 Å². The van der Waals surface area contributed by atoms with Gasteiger partial charge in [-0.3, -0.25) is 0 Å². The molecule has 0 fully saturated rings. The van der Waals surface area contributed by atoms with Crippen molar-refractivity contribution in [2.24, 2.45) is 0 Å². The monoisotopic (exact) mass is 476 g/mol. The number of ether oxygens (including phenoxy) is 1. The second-order valence-corrected chi connectivity index (χ2v) is 7.02. The summed E-state index contributed by atoms with van der Waals surface area (Å²) in [5.41, 5.74) is -0.930. The molecule has 0 spiro atoms.